The van der Waals surface area contributed by atoms with Crippen molar-refractivity contribution in [3.8, 4) is 28.7 Å². The van der Waals surface area contributed by atoms with E-state index in [2.05, 4.69) is 4.98 Å². The lowest BCUT2D eigenvalue weighted by Crippen LogP contribution is -2.13. The van der Waals surface area contributed by atoms with Gasteiger partial charge in [0, 0.05) is 11.3 Å². The quantitative estimate of drug-likeness (QED) is 0.918. The van der Waals surface area contributed by atoms with Gasteiger partial charge < -0.3 is 14.5 Å². The van der Waals surface area contributed by atoms with Crippen molar-refractivity contribution in [3.63, 3.8) is 0 Å². The summed E-state index contributed by atoms with van der Waals surface area (Å²) in [6.07, 6.45) is 0.0246. The van der Waals surface area contributed by atoms with Crippen LogP contribution in [0.5, 0.6) is 11.5 Å². The number of nitrogens with zero attached hydrogens (tertiary/aromatic N) is 1. The Bertz CT molecular complexity index is 801. The van der Waals surface area contributed by atoms with Crippen LogP contribution in [0.2, 0.25) is 0 Å². The molecule has 120 valence electrons. The molecule has 1 heterocycles. The second kappa shape index (κ2) is 7.01. The van der Waals surface area contributed by atoms with E-state index < -0.39 is 0 Å². The fourth-order valence-corrected chi connectivity index (χ4v) is 2.32. The molecule has 0 spiro atoms. The highest BCUT2D eigenvalue weighted by atomic mass is 16.5. The molecule has 5 heteroatoms. The van der Waals surface area contributed by atoms with E-state index in [1.807, 2.05) is 32.9 Å². The molecule has 1 N–H and O–H groups in total. The summed E-state index contributed by atoms with van der Waals surface area (Å²) in [4.78, 5) is 14.6. The summed E-state index contributed by atoms with van der Waals surface area (Å²) in [6, 6.07) is 9.19. The summed E-state index contributed by atoms with van der Waals surface area (Å²) in [7, 11) is 0. The Labute approximate surface area is 135 Å². The molecule has 0 aliphatic heterocycles. The normalized spacial score (nSPS) is 10.4. The molecule has 0 aliphatic carbocycles. The summed E-state index contributed by atoms with van der Waals surface area (Å²) in [5, 5.41) is 9.27. The van der Waals surface area contributed by atoms with Crippen LogP contribution < -0.4 is 15.0 Å². The highest BCUT2D eigenvalue weighted by molar-refractivity contribution is 5.72. The van der Waals surface area contributed by atoms with Crippen molar-refractivity contribution in [1.29, 1.82) is 5.26 Å². The SMILES string of the molecule is CCOc1cc(-c2cc(C)[nH]c(=O)c2C#N)ccc1OC(C)C. The molecule has 5 nitrogen and oxygen atoms in total. The van der Waals surface area contributed by atoms with Crippen LogP contribution >= 0.6 is 0 Å². The standard InChI is InChI=1S/C18H20N2O3/c1-5-22-17-9-13(6-7-16(17)23-11(2)3)14-8-12(4)20-18(21)15(14)10-19/h6-9,11H,5H2,1-4H3,(H,20,21). The number of nitriles is 1. The van der Waals surface area contributed by atoms with Gasteiger partial charge in [0.05, 0.1) is 12.7 Å². The number of aromatic nitrogens is 1. The van der Waals surface area contributed by atoms with Crippen molar-refractivity contribution in [2.24, 2.45) is 0 Å². The maximum Gasteiger partial charge on any atom is 0.266 e. The van der Waals surface area contributed by atoms with Gasteiger partial charge in [0.1, 0.15) is 11.6 Å². The zero-order valence-electron chi connectivity index (χ0n) is 13.8. The Kier molecular flexibility index (Phi) is 5.07. The van der Waals surface area contributed by atoms with Gasteiger partial charge in [-0.25, -0.2) is 0 Å². The Morgan fingerprint density at radius 2 is 2.00 bits per heavy atom. The van der Waals surface area contributed by atoms with E-state index in [0.29, 0.717) is 29.4 Å². The van der Waals surface area contributed by atoms with Crippen molar-refractivity contribution in [2.75, 3.05) is 6.61 Å². The van der Waals surface area contributed by atoms with Gasteiger partial charge in [-0.2, -0.15) is 5.26 Å². The minimum atomic E-state index is -0.386. The van der Waals surface area contributed by atoms with Crippen LogP contribution in [0.3, 0.4) is 0 Å². The zero-order valence-corrected chi connectivity index (χ0v) is 13.8. The minimum Gasteiger partial charge on any atom is -0.490 e. The molecule has 0 aliphatic rings. The smallest absolute Gasteiger partial charge is 0.266 e. The summed E-state index contributed by atoms with van der Waals surface area (Å²) in [6.45, 7) is 8.06. The van der Waals surface area contributed by atoms with Gasteiger partial charge in [0.25, 0.3) is 5.56 Å². The molecule has 0 saturated heterocycles. The molecule has 1 aromatic heterocycles. The molecular formula is C18H20N2O3. The maximum atomic E-state index is 12.0. The fraction of sp³-hybridized carbons (Fsp3) is 0.333. The molecule has 1 aromatic carbocycles. The number of H-pyrrole nitrogens is 1. The van der Waals surface area contributed by atoms with E-state index in [1.54, 1.807) is 25.1 Å². The van der Waals surface area contributed by atoms with E-state index in [9.17, 15) is 10.1 Å². The summed E-state index contributed by atoms with van der Waals surface area (Å²) >= 11 is 0. The lowest BCUT2D eigenvalue weighted by Gasteiger charge is -2.16. The van der Waals surface area contributed by atoms with E-state index in [4.69, 9.17) is 9.47 Å². The highest BCUT2D eigenvalue weighted by Crippen LogP contribution is 2.34. The van der Waals surface area contributed by atoms with Gasteiger partial charge in [-0.3, -0.25) is 4.79 Å². The van der Waals surface area contributed by atoms with Crippen molar-refractivity contribution in [3.05, 3.63) is 45.9 Å². The first kappa shape index (κ1) is 16.6. The second-order valence-corrected chi connectivity index (χ2v) is 5.44. The summed E-state index contributed by atoms with van der Waals surface area (Å²) < 4.78 is 11.4. The first-order chi connectivity index (χ1) is 11.0. The van der Waals surface area contributed by atoms with E-state index in [0.717, 1.165) is 5.56 Å². The summed E-state index contributed by atoms with van der Waals surface area (Å²) in [5.74, 6) is 1.24. The number of pyridine rings is 1. The molecule has 2 aromatic rings. The molecule has 0 saturated carbocycles. The van der Waals surface area contributed by atoms with Crippen molar-refractivity contribution >= 4 is 0 Å². The predicted molar refractivity (Wildman–Crippen MR) is 88.9 cm³/mol. The largest absolute Gasteiger partial charge is 0.490 e. The van der Waals surface area contributed by atoms with Gasteiger partial charge >= 0.3 is 0 Å². The lowest BCUT2D eigenvalue weighted by atomic mass is 10.0. The number of hydrogen-bond acceptors (Lipinski definition) is 4. The monoisotopic (exact) mass is 312 g/mol. The van der Waals surface area contributed by atoms with Crippen molar-refractivity contribution in [2.45, 2.75) is 33.8 Å². The first-order valence-electron chi connectivity index (χ1n) is 7.54. The fourth-order valence-electron chi connectivity index (χ4n) is 2.32. The average Bonchev–Trinajstić information content (AvgIpc) is 2.48. The predicted octanol–water partition coefficient (Wildman–Crippen LogP) is 3.41. The van der Waals surface area contributed by atoms with Gasteiger partial charge in [0.2, 0.25) is 0 Å². The molecular weight excluding hydrogens is 292 g/mol. The molecule has 0 amide bonds. The lowest BCUT2D eigenvalue weighted by molar-refractivity contribution is 0.224. The van der Waals surface area contributed by atoms with Crippen LogP contribution in [-0.2, 0) is 0 Å². The third kappa shape index (κ3) is 3.72. The van der Waals surface area contributed by atoms with Crippen LogP contribution in [0.25, 0.3) is 11.1 Å². The molecule has 23 heavy (non-hydrogen) atoms. The topological polar surface area (TPSA) is 75.1 Å². The Balaban J connectivity index is 2.59. The zero-order chi connectivity index (χ0) is 17.0. The highest BCUT2D eigenvalue weighted by Gasteiger charge is 2.14. The van der Waals surface area contributed by atoms with E-state index in [1.165, 1.54) is 0 Å². The van der Waals surface area contributed by atoms with Crippen LogP contribution in [0.1, 0.15) is 32.0 Å². The number of rotatable bonds is 5. The van der Waals surface area contributed by atoms with Crippen molar-refractivity contribution < 1.29 is 9.47 Å². The Hall–Kier alpha value is -2.74. The number of ether oxygens (including phenoxy) is 2. The van der Waals surface area contributed by atoms with E-state index in [-0.39, 0.29) is 17.2 Å². The average molecular weight is 312 g/mol. The van der Waals surface area contributed by atoms with Crippen LogP contribution in [0, 0.1) is 18.3 Å². The second-order valence-electron chi connectivity index (χ2n) is 5.44. The van der Waals surface area contributed by atoms with E-state index >= 15 is 0 Å². The van der Waals surface area contributed by atoms with Crippen LogP contribution in [0.4, 0.5) is 0 Å². The van der Waals surface area contributed by atoms with Gasteiger partial charge in [-0.05, 0) is 51.5 Å². The number of aromatic amines is 1. The number of nitrogens with one attached hydrogen (secondary N) is 1. The first-order valence-corrected chi connectivity index (χ1v) is 7.54. The van der Waals surface area contributed by atoms with Crippen molar-refractivity contribution in [1.82, 2.24) is 4.98 Å². The van der Waals surface area contributed by atoms with Gasteiger partial charge in [-0.15, -0.1) is 0 Å². The Morgan fingerprint density at radius 1 is 1.26 bits per heavy atom. The number of aryl methyl sites for hydroxylation is 1. The molecule has 0 bridgehead atoms. The number of benzene rings is 1. The summed E-state index contributed by atoms with van der Waals surface area (Å²) in [5.41, 5.74) is 1.74. The molecule has 0 atom stereocenters. The molecule has 0 unspecified atom stereocenters. The third-order valence-electron chi connectivity index (χ3n) is 3.20. The molecule has 0 radical (unpaired) electrons. The van der Waals surface area contributed by atoms with Crippen LogP contribution in [0.15, 0.2) is 29.1 Å². The molecule has 2 rings (SSSR count). The Morgan fingerprint density at radius 3 is 2.61 bits per heavy atom. The molecule has 0 fully saturated rings. The number of hydrogen-bond donors (Lipinski definition) is 1. The third-order valence-corrected chi connectivity index (χ3v) is 3.20. The van der Waals surface area contributed by atoms with Gasteiger partial charge in [0.15, 0.2) is 11.5 Å². The minimum absolute atomic E-state index is 0.0246. The van der Waals surface area contributed by atoms with Crippen LogP contribution in [-0.4, -0.2) is 17.7 Å². The van der Waals surface area contributed by atoms with Gasteiger partial charge in [-0.1, -0.05) is 6.07 Å². The maximum absolute atomic E-state index is 12.0.